The summed E-state index contributed by atoms with van der Waals surface area (Å²) in [7, 11) is -2.08. The number of hydrogen-bond acceptors (Lipinski definition) is 7. The highest BCUT2D eigenvalue weighted by Crippen LogP contribution is 2.18. The van der Waals surface area contributed by atoms with Gasteiger partial charge in [0.15, 0.2) is 5.82 Å². The number of nitrogens with zero attached hydrogens (tertiary/aromatic N) is 4. The predicted molar refractivity (Wildman–Crippen MR) is 98.7 cm³/mol. The van der Waals surface area contributed by atoms with E-state index < -0.39 is 10.0 Å². The van der Waals surface area contributed by atoms with Gasteiger partial charge in [0.25, 0.3) is 0 Å². The Hall–Kier alpha value is -1.97. The molecule has 0 atom stereocenters. The molecule has 1 saturated heterocycles. The Morgan fingerprint density at radius 3 is 2.50 bits per heavy atom. The van der Waals surface area contributed by atoms with Crippen molar-refractivity contribution in [2.24, 2.45) is 0 Å². The molecular formula is C16H20ClN5O3S. The van der Waals surface area contributed by atoms with Crippen LogP contribution in [0.4, 0.5) is 5.95 Å². The summed E-state index contributed by atoms with van der Waals surface area (Å²) in [4.78, 5) is 14.8. The van der Waals surface area contributed by atoms with Crippen molar-refractivity contribution in [1.29, 1.82) is 0 Å². The summed E-state index contributed by atoms with van der Waals surface area (Å²) in [5, 5.41) is 0.561. The van der Waals surface area contributed by atoms with Gasteiger partial charge in [0.2, 0.25) is 16.0 Å². The van der Waals surface area contributed by atoms with Crippen LogP contribution in [-0.4, -0.2) is 43.6 Å². The van der Waals surface area contributed by atoms with E-state index in [1.54, 1.807) is 24.3 Å². The fraction of sp³-hybridized carbons (Fsp3) is 0.438. The van der Waals surface area contributed by atoms with Crippen LogP contribution >= 0.6 is 11.6 Å². The van der Waals surface area contributed by atoms with Crippen molar-refractivity contribution in [2.75, 3.05) is 25.1 Å². The van der Waals surface area contributed by atoms with Crippen molar-refractivity contribution in [1.82, 2.24) is 19.7 Å². The molecule has 26 heavy (non-hydrogen) atoms. The molecule has 0 amide bonds. The summed E-state index contributed by atoms with van der Waals surface area (Å²) in [6, 6.07) is 6.85. The number of halogens is 1. The lowest BCUT2D eigenvalue weighted by atomic mass is 10.2. The molecule has 140 valence electrons. The van der Waals surface area contributed by atoms with Crippen molar-refractivity contribution >= 4 is 27.6 Å². The Morgan fingerprint density at radius 1 is 1.15 bits per heavy atom. The zero-order valence-electron chi connectivity index (χ0n) is 14.4. The first-order valence-corrected chi connectivity index (χ1v) is 10.2. The standard InChI is InChI=1S/C16H20ClN5O3S/c1-25-16-20-14(19-15(21-16)22-8-2-3-9-22)10-18-26(23,24)11-12-4-6-13(17)7-5-12/h4-7,18H,2-3,8-11H2,1H3. The van der Waals surface area contributed by atoms with Crippen molar-refractivity contribution in [3.8, 4) is 6.01 Å². The molecule has 0 radical (unpaired) electrons. The second kappa shape index (κ2) is 8.15. The van der Waals surface area contributed by atoms with E-state index in [4.69, 9.17) is 16.3 Å². The van der Waals surface area contributed by atoms with E-state index >= 15 is 0 Å². The van der Waals surface area contributed by atoms with Crippen molar-refractivity contribution in [3.63, 3.8) is 0 Å². The average Bonchev–Trinajstić information content (AvgIpc) is 3.16. The number of hydrogen-bond donors (Lipinski definition) is 1. The van der Waals surface area contributed by atoms with Gasteiger partial charge < -0.3 is 9.64 Å². The molecule has 1 fully saturated rings. The van der Waals surface area contributed by atoms with Crippen LogP contribution in [0.2, 0.25) is 5.02 Å². The molecule has 3 rings (SSSR count). The fourth-order valence-corrected chi connectivity index (χ4v) is 3.85. The van der Waals surface area contributed by atoms with Gasteiger partial charge >= 0.3 is 6.01 Å². The van der Waals surface area contributed by atoms with Crippen LogP contribution in [0.5, 0.6) is 6.01 Å². The summed E-state index contributed by atoms with van der Waals surface area (Å²) in [5.74, 6) is 0.686. The highest BCUT2D eigenvalue weighted by molar-refractivity contribution is 7.88. The first-order valence-electron chi connectivity index (χ1n) is 8.21. The summed E-state index contributed by atoms with van der Waals surface area (Å²) in [6.45, 7) is 1.71. The maximum absolute atomic E-state index is 12.3. The lowest BCUT2D eigenvalue weighted by Gasteiger charge is -2.16. The Labute approximate surface area is 157 Å². The van der Waals surface area contributed by atoms with Crippen molar-refractivity contribution < 1.29 is 13.2 Å². The molecule has 2 heterocycles. The van der Waals surface area contributed by atoms with Crippen molar-refractivity contribution in [2.45, 2.75) is 25.1 Å². The molecule has 1 aromatic heterocycles. The molecule has 0 saturated carbocycles. The van der Waals surface area contributed by atoms with Crippen molar-refractivity contribution in [3.05, 3.63) is 40.7 Å². The van der Waals surface area contributed by atoms with Crippen LogP contribution in [0.1, 0.15) is 24.2 Å². The smallest absolute Gasteiger partial charge is 0.321 e. The van der Waals surface area contributed by atoms with Gasteiger partial charge in [0.1, 0.15) is 0 Å². The maximum atomic E-state index is 12.3. The quantitative estimate of drug-likeness (QED) is 0.760. The zero-order chi connectivity index (χ0) is 18.6. The van der Waals surface area contributed by atoms with Gasteiger partial charge in [-0.15, -0.1) is 0 Å². The molecule has 1 aromatic carbocycles. The average molecular weight is 398 g/mol. The SMILES string of the molecule is COc1nc(CNS(=O)(=O)Cc2ccc(Cl)cc2)nc(N2CCCC2)n1. The first kappa shape index (κ1) is 18.8. The molecule has 1 aliphatic heterocycles. The minimum absolute atomic E-state index is 0.0321. The van der Waals surface area contributed by atoms with Gasteiger partial charge in [0.05, 0.1) is 19.4 Å². The molecule has 0 aliphatic carbocycles. The third-order valence-corrected chi connectivity index (χ3v) is 5.49. The topological polar surface area (TPSA) is 97.3 Å². The third kappa shape index (κ3) is 5.03. The Balaban J connectivity index is 1.69. The molecule has 2 aromatic rings. The van der Waals surface area contributed by atoms with Crippen LogP contribution in [0.15, 0.2) is 24.3 Å². The molecule has 1 N–H and O–H groups in total. The highest BCUT2D eigenvalue weighted by Gasteiger charge is 2.19. The summed E-state index contributed by atoms with van der Waals surface area (Å²) >= 11 is 5.82. The molecule has 0 bridgehead atoms. The third-order valence-electron chi connectivity index (χ3n) is 3.94. The molecule has 1 aliphatic rings. The van der Waals surface area contributed by atoms with E-state index in [0.717, 1.165) is 25.9 Å². The second-order valence-electron chi connectivity index (χ2n) is 5.94. The van der Waals surface area contributed by atoms with Crippen LogP contribution < -0.4 is 14.4 Å². The lowest BCUT2D eigenvalue weighted by Crippen LogP contribution is -2.27. The lowest BCUT2D eigenvalue weighted by molar-refractivity contribution is 0.375. The first-order chi connectivity index (χ1) is 12.4. The van der Waals surface area contributed by atoms with E-state index in [2.05, 4.69) is 19.7 Å². The van der Waals surface area contributed by atoms with Crippen LogP contribution in [0.25, 0.3) is 0 Å². The van der Waals surface area contributed by atoms with E-state index in [1.807, 2.05) is 4.90 Å². The molecule has 10 heteroatoms. The molecule has 0 unspecified atom stereocenters. The van der Waals surface area contributed by atoms with Gasteiger partial charge in [-0.05, 0) is 30.5 Å². The van der Waals surface area contributed by atoms with Gasteiger partial charge in [0, 0.05) is 18.1 Å². The Morgan fingerprint density at radius 2 is 1.85 bits per heavy atom. The Kier molecular flexibility index (Phi) is 5.90. The number of aromatic nitrogens is 3. The number of sulfonamides is 1. The van der Waals surface area contributed by atoms with Gasteiger partial charge in [-0.2, -0.15) is 15.0 Å². The molecule has 8 nitrogen and oxygen atoms in total. The predicted octanol–water partition coefficient (Wildman–Crippen LogP) is 1.75. The number of ether oxygens (including phenoxy) is 1. The van der Waals surface area contributed by atoms with E-state index in [0.29, 0.717) is 22.4 Å². The largest absolute Gasteiger partial charge is 0.467 e. The fourth-order valence-electron chi connectivity index (χ4n) is 2.64. The van der Waals surface area contributed by atoms with Crippen LogP contribution in [0, 0.1) is 0 Å². The van der Waals surface area contributed by atoms with Gasteiger partial charge in [-0.1, -0.05) is 23.7 Å². The Bertz CT molecular complexity index is 855. The van der Waals surface area contributed by atoms with Gasteiger partial charge in [-0.25, -0.2) is 13.1 Å². The number of benzene rings is 1. The molecule has 0 spiro atoms. The van der Waals surface area contributed by atoms with Crippen LogP contribution in [-0.2, 0) is 22.3 Å². The maximum Gasteiger partial charge on any atom is 0.321 e. The minimum atomic E-state index is -3.55. The summed E-state index contributed by atoms with van der Waals surface area (Å²) in [5.41, 5.74) is 0.646. The summed E-state index contributed by atoms with van der Waals surface area (Å²) in [6.07, 6.45) is 2.16. The minimum Gasteiger partial charge on any atom is -0.467 e. The van der Waals surface area contributed by atoms with Gasteiger partial charge in [-0.3, -0.25) is 0 Å². The summed E-state index contributed by atoms with van der Waals surface area (Å²) < 4.78 is 32.2. The second-order valence-corrected chi connectivity index (χ2v) is 8.18. The number of rotatable bonds is 7. The number of anilines is 1. The van der Waals surface area contributed by atoms with Crippen LogP contribution in [0.3, 0.4) is 0 Å². The van der Waals surface area contributed by atoms with E-state index in [-0.39, 0.29) is 18.3 Å². The van der Waals surface area contributed by atoms with E-state index in [1.165, 1.54) is 7.11 Å². The van der Waals surface area contributed by atoms with E-state index in [9.17, 15) is 8.42 Å². The highest BCUT2D eigenvalue weighted by atomic mass is 35.5. The number of methoxy groups -OCH3 is 1. The monoisotopic (exact) mass is 397 g/mol. The number of nitrogens with one attached hydrogen (secondary N) is 1. The zero-order valence-corrected chi connectivity index (χ0v) is 15.9. The normalized spacial score (nSPS) is 14.6. The molecular weight excluding hydrogens is 378 g/mol.